The van der Waals surface area contributed by atoms with Gasteiger partial charge in [0.15, 0.2) is 0 Å². The van der Waals surface area contributed by atoms with E-state index in [0.29, 0.717) is 24.4 Å². The molecule has 2 aromatic rings. The smallest absolute Gasteiger partial charge is 0.224 e. The van der Waals surface area contributed by atoms with Gasteiger partial charge in [0.1, 0.15) is 0 Å². The second-order valence-corrected chi connectivity index (χ2v) is 8.32. The lowest BCUT2D eigenvalue weighted by atomic mass is 9.83. The van der Waals surface area contributed by atoms with Gasteiger partial charge in [-0.25, -0.2) is 0 Å². The highest BCUT2D eigenvalue weighted by Crippen LogP contribution is 2.45. The molecule has 0 aromatic heterocycles. The predicted molar refractivity (Wildman–Crippen MR) is 120 cm³/mol. The van der Waals surface area contributed by atoms with Gasteiger partial charge in [-0.1, -0.05) is 43.3 Å². The fraction of sp³-hybridized carbons (Fsp3) is 0.360. The standard InChI is InChI=1S/C25H29N3O/c1-17-12-22-13-21(23(14-26)16-27-15-19-6-4-3-5-7-19)10-11-24(22)28(18(2)29)25(17)20-8-9-20/h3-7,10-11,13-14,16-17,20,25H,8-9,12,15,26H2,1-2H3/t17?,25-/m1/s1. The molecule has 1 saturated carbocycles. The summed E-state index contributed by atoms with van der Waals surface area (Å²) >= 11 is 0. The minimum atomic E-state index is 0.140. The minimum absolute atomic E-state index is 0.140. The van der Waals surface area contributed by atoms with E-state index in [1.54, 1.807) is 13.1 Å². The number of carbonyl (C=O) groups excluding carboxylic acids is 1. The third kappa shape index (κ3) is 4.12. The Morgan fingerprint density at radius 1 is 1.21 bits per heavy atom. The first kappa shape index (κ1) is 19.4. The van der Waals surface area contributed by atoms with Gasteiger partial charge in [0.05, 0.1) is 6.54 Å². The summed E-state index contributed by atoms with van der Waals surface area (Å²) in [5.41, 5.74) is 11.3. The Kier molecular flexibility index (Phi) is 5.52. The Hall–Kier alpha value is -2.88. The molecule has 1 aliphatic heterocycles. The molecule has 1 aliphatic carbocycles. The first-order chi connectivity index (χ1) is 14.1. The van der Waals surface area contributed by atoms with Crippen LogP contribution >= 0.6 is 0 Å². The summed E-state index contributed by atoms with van der Waals surface area (Å²) in [5.74, 6) is 1.26. The third-order valence-corrected chi connectivity index (χ3v) is 6.07. The molecule has 1 amide bonds. The van der Waals surface area contributed by atoms with Gasteiger partial charge >= 0.3 is 0 Å². The van der Waals surface area contributed by atoms with E-state index in [2.05, 4.69) is 42.2 Å². The zero-order valence-electron chi connectivity index (χ0n) is 17.2. The molecule has 2 N–H and O–H groups in total. The molecule has 4 nitrogen and oxygen atoms in total. The normalized spacial score (nSPS) is 22.0. The van der Waals surface area contributed by atoms with Gasteiger partial charge in [-0.2, -0.15) is 0 Å². The number of hydrogen-bond acceptors (Lipinski definition) is 3. The molecule has 2 aliphatic rings. The van der Waals surface area contributed by atoms with Crippen LogP contribution in [0.15, 0.2) is 59.7 Å². The van der Waals surface area contributed by atoms with Crippen LogP contribution in [0.25, 0.3) is 5.57 Å². The van der Waals surface area contributed by atoms with E-state index >= 15 is 0 Å². The van der Waals surface area contributed by atoms with Gasteiger partial charge in [-0.3, -0.25) is 9.79 Å². The molecule has 2 atom stereocenters. The molecule has 0 bridgehead atoms. The average Bonchev–Trinajstić information content (AvgIpc) is 3.55. The summed E-state index contributed by atoms with van der Waals surface area (Å²) < 4.78 is 0. The van der Waals surface area contributed by atoms with Crippen LogP contribution < -0.4 is 10.6 Å². The maximum Gasteiger partial charge on any atom is 0.224 e. The number of nitrogens with zero attached hydrogens (tertiary/aromatic N) is 2. The second-order valence-electron chi connectivity index (χ2n) is 8.32. The molecule has 0 saturated heterocycles. The first-order valence-electron chi connectivity index (χ1n) is 10.5. The van der Waals surface area contributed by atoms with Crippen molar-refractivity contribution in [1.82, 2.24) is 0 Å². The largest absolute Gasteiger partial charge is 0.404 e. The molecule has 4 heteroatoms. The third-order valence-electron chi connectivity index (χ3n) is 6.07. The number of fused-ring (bicyclic) bond motifs is 1. The monoisotopic (exact) mass is 387 g/mol. The molecule has 4 rings (SSSR count). The van der Waals surface area contributed by atoms with E-state index in [4.69, 9.17) is 5.73 Å². The lowest BCUT2D eigenvalue weighted by Crippen LogP contribution is -2.48. The number of hydrogen-bond donors (Lipinski definition) is 1. The zero-order valence-corrected chi connectivity index (χ0v) is 17.2. The van der Waals surface area contributed by atoms with Crippen molar-refractivity contribution in [3.63, 3.8) is 0 Å². The Bertz CT molecular complexity index is 944. The van der Waals surface area contributed by atoms with Crippen LogP contribution in [0.4, 0.5) is 5.69 Å². The molecular formula is C25H29N3O. The van der Waals surface area contributed by atoms with Crippen molar-refractivity contribution in [2.75, 3.05) is 4.90 Å². The fourth-order valence-corrected chi connectivity index (χ4v) is 4.59. The SMILES string of the molecule is CC(=O)N1c2ccc(C(C=NCc3ccccc3)=CN)cc2CC(C)[C@@H]1C1CC1. The lowest BCUT2D eigenvalue weighted by molar-refractivity contribution is -0.117. The van der Waals surface area contributed by atoms with Crippen molar-refractivity contribution in [2.24, 2.45) is 22.6 Å². The first-order valence-corrected chi connectivity index (χ1v) is 10.5. The van der Waals surface area contributed by atoms with E-state index in [1.165, 1.54) is 24.0 Å². The molecular weight excluding hydrogens is 358 g/mol. The van der Waals surface area contributed by atoms with Crippen LogP contribution in [0.5, 0.6) is 0 Å². The van der Waals surface area contributed by atoms with E-state index < -0.39 is 0 Å². The predicted octanol–water partition coefficient (Wildman–Crippen LogP) is 4.58. The van der Waals surface area contributed by atoms with Gasteiger partial charge in [-0.05, 0) is 59.9 Å². The summed E-state index contributed by atoms with van der Waals surface area (Å²) in [6.45, 7) is 4.59. The van der Waals surface area contributed by atoms with Gasteiger partial charge in [0.25, 0.3) is 0 Å². The number of rotatable bonds is 5. The fourth-order valence-electron chi connectivity index (χ4n) is 4.59. The van der Waals surface area contributed by atoms with E-state index in [1.807, 2.05) is 29.3 Å². The molecule has 29 heavy (non-hydrogen) atoms. The van der Waals surface area contributed by atoms with E-state index in [-0.39, 0.29) is 5.91 Å². The van der Waals surface area contributed by atoms with Crippen molar-refractivity contribution in [2.45, 2.75) is 45.7 Å². The van der Waals surface area contributed by atoms with Crippen molar-refractivity contribution in [3.05, 3.63) is 71.4 Å². The number of amides is 1. The van der Waals surface area contributed by atoms with Gasteiger partial charge < -0.3 is 10.6 Å². The maximum absolute atomic E-state index is 12.5. The van der Waals surface area contributed by atoms with Crippen molar-refractivity contribution >= 4 is 23.4 Å². The van der Waals surface area contributed by atoms with Crippen LogP contribution in [0.2, 0.25) is 0 Å². The van der Waals surface area contributed by atoms with Gasteiger partial charge in [-0.15, -0.1) is 0 Å². The Morgan fingerprint density at radius 2 is 1.97 bits per heavy atom. The quantitative estimate of drug-likeness (QED) is 0.764. The summed E-state index contributed by atoms with van der Waals surface area (Å²) in [6, 6.07) is 16.8. The number of anilines is 1. The molecule has 1 heterocycles. The van der Waals surface area contributed by atoms with Gasteiger partial charge in [0.2, 0.25) is 5.91 Å². The molecule has 1 fully saturated rings. The summed E-state index contributed by atoms with van der Waals surface area (Å²) in [6.07, 6.45) is 6.93. The summed E-state index contributed by atoms with van der Waals surface area (Å²) in [7, 11) is 0. The number of nitrogens with two attached hydrogens (primary N) is 1. The molecule has 0 spiro atoms. The zero-order chi connectivity index (χ0) is 20.4. The van der Waals surface area contributed by atoms with Crippen LogP contribution in [0.1, 0.15) is 43.4 Å². The topological polar surface area (TPSA) is 58.7 Å². The Labute approximate surface area is 173 Å². The lowest BCUT2D eigenvalue weighted by Gasteiger charge is -2.41. The van der Waals surface area contributed by atoms with Crippen molar-refractivity contribution in [1.29, 1.82) is 0 Å². The summed E-state index contributed by atoms with van der Waals surface area (Å²) in [5, 5.41) is 0. The molecule has 1 unspecified atom stereocenters. The minimum Gasteiger partial charge on any atom is -0.404 e. The molecule has 0 radical (unpaired) electrons. The van der Waals surface area contributed by atoms with Crippen LogP contribution in [0.3, 0.4) is 0 Å². The number of aliphatic imine (C=N–C) groups is 1. The molecule has 150 valence electrons. The second kappa shape index (κ2) is 8.24. The van der Waals surface area contributed by atoms with Crippen LogP contribution in [-0.4, -0.2) is 18.2 Å². The van der Waals surface area contributed by atoms with Crippen LogP contribution in [-0.2, 0) is 17.8 Å². The number of benzene rings is 2. The Balaban J connectivity index is 1.58. The van der Waals surface area contributed by atoms with E-state index in [9.17, 15) is 4.79 Å². The number of allylic oxidation sites excluding steroid dienone is 1. The maximum atomic E-state index is 12.5. The number of carbonyl (C=O) groups is 1. The highest BCUT2D eigenvalue weighted by molar-refractivity contribution is 6.10. The van der Waals surface area contributed by atoms with Crippen LogP contribution in [0, 0.1) is 11.8 Å². The Morgan fingerprint density at radius 3 is 2.62 bits per heavy atom. The highest BCUT2D eigenvalue weighted by Gasteiger charge is 2.43. The molecule has 2 aromatic carbocycles. The van der Waals surface area contributed by atoms with Crippen molar-refractivity contribution in [3.8, 4) is 0 Å². The highest BCUT2D eigenvalue weighted by atomic mass is 16.2. The average molecular weight is 388 g/mol. The van der Waals surface area contributed by atoms with Gasteiger partial charge in [0, 0.05) is 36.6 Å². The van der Waals surface area contributed by atoms with Crippen molar-refractivity contribution < 1.29 is 4.79 Å². The van der Waals surface area contributed by atoms with E-state index in [0.717, 1.165) is 23.2 Å². The summed E-state index contributed by atoms with van der Waals surface area (Å²) in [4.78, 5) is 19.1.